The fourth-order valence-electron chi connectivity index (χ4n) is 3.81. The van der Waals surface area contributed by atoms with Crippen LogP contribution in [0.2, 0.25) is 0 Å². The van der Waals surface area contributed by atoms with Gasteiger partial charge in [-0.1, -0.05) is 48.5 Å². The number of rotatable bonds is 2. The van der Waals surface area contributed by atoms with Crippen molar-refractivity contribution >= 4 is 30.0 Å². The minimum absolute atomic E-state index is 0. The van der Waals surface area contributed by atoms with Gasteiger partial charge in [0.15, 0.2) is 0 Å². The van der Waals surface area contributed by atoms with Crippen molar-refractivity contribution in [3.05, 3.63) is 147 Å². The van der Waals surface area contributed by atoms with Gasteiger partial charge in [-0.05, 0) is 81.2 Å². The van der Waals surface area contributed by atoms with Gasteiger partial charge in [0.2, 0.25) is 8.01 Å². The predicted molar refractivity (Wildman–Crippen MR) is 133 cm³/mol. The smallest absolute Gasteiger partial charge is 0.419 e. The summed E-state index contributed by atoms with van der Waals surface area (Å²) in [6.45, 7) is 0. The zero-order valence-corrected chi connectivity index (χ0v) is 20.8. The normalized spacial score (nSPS) is 16.5. The van der Waals surface area contributed by atoms with Crippen molar-refractivity contribution in [2.75, 3.05) is 0 Å². The molecule has 1 aromatic heterocycles. The Morgan fingerprint density at radius 3 is 1.58 bits per heavy atom. The average molecular weight is 544 g/mol. The van der Waals surface area contributed by atoms with Gasteiger partial charge in [0.25, 0.3) is 0 Å². The van der Waals surface area contributed by atoms with Crippen molar-refractivity contribution in [2.45, 2.75) is 6.18 Å². The summed E-state index contributed by atoms with van der Waals surface area (Å²) >= 11 is 0. The Balaban J connectivity index is 0.000000455. The molecule has 3 aromatic carbocycles. The van der Waals surface area contributed by atoms with Gasteiger partial charge in [-0.3, -0.25) is 0 Å². The molecule has 0 unspecified atom stereocenters. The number of halogens is 3. The van der Waals surface area contributed by atoms with E-state index in [0.717, 1.165) is 34.5 Å². The van der Waals surface area contributed by atoms with Crippen molar-refractivity contribution < 1.29 is 38.6 Å². The third-order valence-corrected chi connectivity index (χ3v) is 7.00. The molecule has 1 heterocycles. The maximum absolute atomic E-state index is 12.9. The van der Waals surface area contributed by atoms with E-state index >= 15 is 0 Å². The van der Waals surface area contributed by atoms with Crippen LogP contribution in [0.5, 0.6) is 0 Å². The van der Waals surface area contributed by atoms with E-state index in [1.807, 2.05) is 99.9 Å². The van der Waals surface area contributed by atoms with Crippen LogP contribution in [-0.4, -0.2) is 0 Å². The Labute approximate surface area is 221 Å². The number of para-hydroxylation sites is 2. The molecule has 0 atom stereocenters. The predicted octanol–water partition coefficient (Wildman–Crippen LogP) is 8.96. The number of hydrogen-bond donors (Lipinski definition) is 0. The van der Waals surface area contributed by atoms with Gasteiger partial charge in [-0.2, -0.15) is 13.2 Å². The monoisotopic (exact) mass is 544 g/mol. The van der Waals surface area contributed by atoms with Crippen molar-refractivity contribution in [2.24, 2.45) is 0 Å². The molecule has 2 nitrogen and oxygen atoms in total. The van der Waals surface area contributed by atoms with Crippen molar-refractivity contribution in [1.29, 1.82) is 0 Å². The molecule has 10 radical (unpaired) electrons. The van der Waals surface area contributed by atoms with Crippen LogP contribution >= 0.6 is 8.01 Å². The summed E-state index contributed by atoms with van der Waals surface area (Å²) < 4.78 is 51.3. The summed E-state index contributed by atoms with van der Waals surface area (Å²) in [5.74, 6) is 0.798. The first kappa shape index (κ1) is 26.9. The molecule has 0 bridgehead atoms. The standard InChI is InChI=1S/C24H15F3O2P.C5H5.Fe/c25-24(26,27)17-14-12-16(13-15-17)18-8-5-11-23(18)30-28-21-9-3-1-6-19(21)20-7-2-4-10-22(20)29-30;1-2-4-5-3-1;/h1-15H;1-5H;/q;;+2. The first-order valence-corrected chi connectivity index (χ1v) is 12.1. The summed E-state index contributed by atoms with van der Waals surface area (Å²) in [6.07, 6.45) is 11.3. The summed E-state index contributed by atoms with van der Waals surface area (Å²) in [5.41, 5.74) is 2.26. The first-order valence-electron chi connectivity index (χ1n) is 11.0. The van der Waals surface area contributed by atoms with Gasteiger partial charge in [0.05, 0.1) is 5.56 Å². The van der Waals surface area contributed by atoms with Crippen molar-refractivity contribution in [1.82, 2.24) is 0 Å². The van der Waals surface area contributed by atoms with Crippen LogP contribution in [0.1, 0.15) is 11.1 Å². The zero-order valence-electron chi connectivity index (χ0n) is 18.8. The molecule has 2 aliphatic rings. The molecule has 36 heavy (non-hydrogen) atoms. The fourth-order valence-corrected chi connectivity index (χ4v) is 5.32. The van der Waals surface area contributed by atoms with Crippen molar-refractivity contribution in [3.8, 4) is 0 Å². The van der Waals surface area contributed by atoms with Crippen LogP contribution in [0.15, 0.2) is 81.2 Å². The Kier molecular flexibility index (Phi) is 8.93. The Bertz CT molecular complexity index is 1250. The number of hydrogen-bond acceptors (Lipinski definition) is 2. The van der Waals surface area contributed by atoms with Crippen LogP contribution in [0.3, 0.4) is 0 Å². The number of alkyl halides is 3. The molecule has 2 aliphatic carbocycles. The second kappa shape index (κ2) is 11.9. The van der Waals surface area contributed by atoms with Gasteiger partial charge in [-0.15, -0.1) is 0 Å². The van der Waals surface area contributed by atoms with E-state index < -0.39 is 19.8 Å². The summed E-state index contributed by atoms with van der Waals surface area (Å²) in [6, 6.07) is 20.6. The molecule has 2 saturated carbocycles. The number of fused-ring (bicyclic) bond motifs is 3. The molecule has 2 fully saturated rings. The van der Waals surface area contributed by atoms with E-state index in [2.05, 4.69) is 0 Å². The van der Waals surface area contributed by atoms with E-state index in [4.69, 9.17) is 8.39 Å². The van der Waals surface area contributed by atoms with Gasteiger partial charge < -0.3 is 8.39 Å². The van der Waals surface area contributed by atoms with E-state index in [1.54, 1.807) is 0 Å². The minimum Gasteiger partial charge on any atom is -0.419 e. The topological polar surface area (TPSA) is 26.3 Å². The average Bonchev–Trinajstić information content (AvgIpc) is 3.57. The molecule has 0 spiro atoms. The van der Waals surface area contributed by atoms with Gasteiger partial charge in [0.1, 0.15) is 16.8 Å². The summed E-state index contributed by atoms with van der Waals surface area (Å²) in [7, 11) is -1.53. The number of benzene rings is 3. The van der Waals surface area contributed by atoms with E-state index in [-0.39, 0.29) is 17.1 Å². The SMILES string of the molecule is FC(F)(F)c1ccc([C]2[CH][CH][CH][C]2p2oc3ccccc3c3ccccc3o2)cc1.[CH]1[CH][CH][CH][CH]1.[Fe+2]. The molecule has 0 N–H and O–H groups in total. The second-order valence-corrected chi connectivity index (χ2v) is 9.16. The molecule has 180 valence electrons. The quantitative estimate of drug-likeness (QED) is 0.236. The molecule has 6 rings (SSSR count). The summed E-state index contributed by atoms with van der Waals surface area (Å²) in [4.78, 5) is 0. The Morgan fingerprint density at radius 2 is 1.08 bits per heavy atom. The van der Waals surface area contributed by atoms with Crippen LogP contribution in [0.4, 0.5) is 13.2 Å². The van der Waals surface area contributed by atoms with Crippen LogP contribution in [0, 0.1) is 62.9 Å². The van der Waals surface area contributed by atoms with Crippen molar-refractivity contribution in [3.63, 3.8) is 0 Å². The second-order valence-electron chi connectivity index (χ2n) is 7.79. The largest absolute Gasteiger partial charge is 2.00 e. The molecule has 0 saturated heterocycles. The fraction of sp³-hybridized carbons (Fsp3) is 0.0345. The minimum atomic E-state index is -4.36. The molecular formula is C29H20F3FeO2P+2. The molecular weight excluding hydrogens is 524 g/mol. The molecule has 4 aromatic rings. The van der Waals surface area contributed by atoms with Crippen LogP contribution < -0.4 is 0 Å². The van der Waals surface area contributed by atoms with Gasteiger partial charge in [-0.25, -0.2) is 0 Å². The molecule has 0 aliphatic heterocycles. The maximum Gasteiger partial charge on any atom is 2.00 e. The van der Waals surface area contributed by atoms with Crippen LogP contribution in [0.25, 0.3) is 21.9 Å². The van der Waals surface area contributed by atoms with Crippen LogP contribution in [-0.2, 0) is 23.2 Å². The maximum atomic E-state index is 12.9. The molecule has 0 amide bonds. The third kappa shape index (κ3) is 6.05. The Morgan fingerprint density at radius 1 is 0.583 bits per heavy atom. The van der Waals surface area contributed by atoms with E-state index in [0.29, 0.717) is 16.7 Å². The van der Waals surface area contributed by atoms with E-state index in [1.165, 1.54) is 12.1 Å². The molecule has 7 heteroatoms. The van der Waals surface area contributed by atoms with Gasteiger partial charge >= 0.3 is 23.2 Å². The zero-order chi connectivity index (χ0) is 24.3. The third-order valence-electron chi connectivity index (χ3n) is 5.50. The summed E-state index contributed by atoms with van der Waals surface area (Å²) in [5, 5.41) is 1.89. The van der Waals surface area contributed by atoms with Gasteiger partial charge in [0, 0.05) is 16.7 Å². The first-order chi connectivity index (χ1) is 17.0. The van der Waals surface area contributed by atoms with E-state index in [9.17, 15) is 13.2 Å². The Hall–Kier alpha value is -2.13.